The lowest BCUT2D eigenvalue weighted by Crippen LogP contribution is -2.12. The van der Waals surface area contributed by atoms with Crippen molar-refractivity contribution in [3.8, 4) is 30.3 Å². The molecule has 0 spiro atoms. The van der Waals surface area contributed by atoms with E-state index in [1.807, 2.05) is 104 Å². The third-order valence-electron chi connectivity index (χ3n) is 12.1. The Hall–Kier alpha value is -7.75. The molecule has 0 N–H and O–H groups in total. The van der Waals surface area contributed by atoms with Gasteiger partial charge in [0.05, 0.1) is 58.2 Å². The first kappa shape index (κ1) is 48.7. The van der Waals surface area contributed by atoms with E-state index in [2.05, 4.69) is 138 Å². The van der Waals surface area contributed by atoms with Crippen LogP contribution in [0.2, 0.25) is 0 Å². The molecule has 0 radical (unpaired) electrons. The summed E-state index contributed by atoms with van der Waals surface area (Å²) < 4.78 is 0. The smallest absolute Gasteiger partial charge is 0.0998 e. The second kappa shape index (κ2) is 18.6. The summed E-state index contributed by atoms with van der Waals surface area (Å²) in [6.45, 7) is 27.5. The van der Waals surface area contributed by atoms with E-state index in [1.54, 1.807) is 0 Å². The molecular weight excluding hydrogens is 815 g/mol. The molecule has 5 heteroatoms. The number of allylic oxidation sites excluding steroid dienone is 5. The highest BCUT2D eigenvalue weighted by molar-refractivity contribution is 5.98. The van der Waals surface area contributed by atoms with Crippen molar-refractivity contribution >= 4 is 58.2 Å². The third kappa shape index (κ3) is 11.6. The molecular formula is C62H59N5. The fourth-order valence-electron chi connectivity index (χ4n) is 8.08. The van der Waals surface area contributed by atoms with E-state index in [0.29, 0.717) is 55.7 Å². The Bertz CT molecular complexity index is 3180. The van der Waals surface area contributed by atoms with Gasteiger partial charge in [-0.1, -0.05) is 119 Å². The fourth-order valence-corrected chi connectivity index (χ4v) is 8.08. The van der Waals surface area contributed by atoms with Crippen LogP contribution in [0.4, 0.5) is 0 Å². The normalized spacial score (nSPS) is 17.4. The number of nitrogens with zero attached hydrogens (tertiary/aromatic N) is 5. The highest BCUT2D eigenvalue weighted by Gasteiger charge is 2.22. The van der Waals surface area contributed by atoms with E-state index in [9.17, 15) is 26.3 Å². The minimum Gasteiger partial charge on any atom is -0.192 e. The van der Waals surface area contributed by atoms with E-state index in [1.165, 1.54) is 0 Å². The molecule has 1 aliphatic rings. The van der Waals surface area contributed by atoms with Gasteiger partial charge >= 0.3 is 0 Å². The van der Waals surface area contributed by atoms with Crippen molar-refractivity contribution in [1.82, 2.24) is 0 Å². The van der Waals surface area contributed by atoms with Crippen LogP contribution in [0.25, 0.3) is 58.2 Å². The molecule has 5 aromatic carbocycles. The molecule has 0 atom stereocenters. The van der Waals surface area contributed by atoms with Gasteiger partial charge in [-0.25, -0.2) is 0 Å². The summed E-state index contributed by atoms with van der Waals surface area (Å²) in [6.07, 6.45) is 9.36. The van der Waals surface area contributed by atoms with Crippen molar-refractivity contribution in [2.24, 2.45) is 0 Å². The summed E-state index contributed by atoms with van der Waals surface area (Å²) >= 11 is 0. The zero-order valence-corrected chi connectivity index (χ0v) is 41.3. The van der Waals surface area contributed by atoms with E-state index in [4.69, 9.17) is 0 Å². The van der Waals surface area contributed by atoms with E-state index < -0.39 is 0 Å². The molecule has 0 fully saturated rings. The predicted octanol–water partition coefficient (Wildman–Crippen LogP) is 15.8. The van der Waals surface area contributed by atoms with Crippen molar-refractivity contribution in [2.75, 3.05) is 0 Å². The lowest BCUT2D eigenvalue weighted by molar-refractivity contribution is 0.589. The molecule has 1 aliphatic carbocycles. The number of rotatable bonds is 0. The average molecular weight is 874 g/mol. The molecule has 0 aromatic heterocycles. The van der Waals surface area contributed by atoms with Crippen LogP contribution < -0.4 is 0 Å². The number of hydrogen-bond acceptors (Lipinski definition) is 5. The van der Waals surface area contributed by atoms with Crippen molar-refractivity contribution in [1.29, 1.82) is 26.3 Å². The minimum atomic E-state index is -0.291. The summed E-state index contributed by atoms with van der Waals surface area (Å²) in [6, 6.07) is 42.5. The molecule has 5 aromatic rings. The Morgan fingerprint density at radius 1 is 0.269 bits per heavy atom. The van der Waals surface area contributed by atoms with Crippen LogP contribution in [0.3, 0.4) is 0 Å². The van der Waals surface area contributed by atoms with Crippen LogP contribution in [0.5, 0.6) is 0 Å². The van der Waals surface area contributed by atoms with Gasteiger partial charge in [0.25, 0.3) is 0 Å². The number of aryl methyl sites for hydroxylation is 1. The molecule has 10 bridgehead atoms. The second-order valence-corrected chi connectivity index (χ2v) is 21.9. The van der Waals surface area contributed by atoms with Crippen LogP contribution in [0.15, 0.2) is 91.0 Å². The molecule has 0 unspecified atom stereocenters. The third-order valence-corrected chi connectivity index (χ3v) is 12.1. The summed E-state index contributed by atoms with van der Waals surface area (Å²) in [7, 11) is 0. The lowest BCUT2D eigenvalue weighted by Gasteiger charge is -2.22. The molecule has 0 saturated carbocycles. The van der Waals surface area contributed by atoms with Gasteiger partial charge in [0, 0.05) is 0 Å². The quantitative estimate of drug-likeness (QED) is 0.153. The SMILES string of the molecule is Cc1cc2cc(c1)/C(C#N)=C/c1cc(cc(C(C)(C)C)c1)/C(C#N)=C/c1cc(cc(C(C)(C)C)c1)/C(C#N)=C/c1cc(cc(C(C)(C)C)c1)/C(C#N)=C/c1cc(cc(C(C)(C)C)c1)/C(C#N)=C/2. The Morgan fingerprint density at radius 3 is 0.657 bits per heavy atom. The van der Waals surface area contributed by atoms with Gasteiger partial charge in [0.2, 0.25) is 0 Å². The largest absolute Gasteiger partial charge is 0.192 e. The molecule has 67 heavy (non-hydrogen) atoms. The Balaban J connectivity index is 1.77. The highest BCUT2D eigenvalue weighted by atomic mass is 14.3. The van der Waals surface area contributed by atoms with Gasteiger partial charge < -0.3 is 0 Å². The predicted molar refractivity (Wildman–Crippen MR) is 279 cm³/mol. The number of nitriles is 5. The Kier molecular flexibility index (Phi) is 13.5. The molecule has 332 valence electrons. The molecule has 0 heterocycles. The zero-order chi connectivity index (χ0) is 49.2. The van der Waals surface area contributed by atoms with E-state index in [-0.39, 0.29) is 21.7 Å². The van der Waals surface area contributed by atoms with Gasteiger partial charge in [-0.3, -0.25) is 0 Å². The van der Waals surface area contributed by atoms with Crippen molar-refractivity contribution < 1.29 is 0 Å². The first-order chi connectivity index (χ1) is 31.3. The van der Waals surface area contributed by atoms with Crippen molar-refractivity contribution in [2.45, 2.75) is 112 Å². The highest BCUT2D eigenvalue weighted by Crippen LogP contribution is 2.36. The van der Waals surface area contributed by atoms with Gasteiger partial charge in [0.1, 0.15) is 0 Å². The van der Waals surface area contributed by atoms with Crippen LogP contribution >= 0.6 is 0 Å². The Morgan fingerprint density at radius 2 is 0.463 bits per heavy atom. The zero-order valence-electron chi connectivity index (χ0n) is 41.3. The Labute approximate surface area is 399 Å². The maximum Gasteiger partial charge on any atom is 0.0998 e. The van der Waals surface area contributed by atoms with E-state index in [0.717, 1.165) is 55.6 Å². The van der Waals surface area contributed by atoms with Crippen molar-refractivity contribution in [3.63, 3.8) is 0 Å². The molecule has 5 nitrogen and oxygen atoms in total. The topological polar surface area (TPSA) is 119 Å². The van der Waals surface area contributed by atoms with E-state index >= 15 is 0 Å². The molecule has 0 aliphatic heterocycles. The monoisotopic (exact) mass is 873 g/mol. The van der Waals surface area contributed by atoms with Gasteiger partial charge in [0.15, 0.2) is 0 Å². The van der Waals surface area contributed by atoms with Gasteiger partial charge in [-0.15, -0.1) is 0 Å². The second-order valence-electron chi connectivity index (χ2n) is 21.9. The standard InChI is InChI=1S/C62H59N5/c1-39-14-40-16-45(15-39)50(34-63)22-41-17-47(31-55(26-41)59(2,3)4)52(36-65)24-43-19-49(33-57(28-43)61(8,9)10)54(38-67)25-44-20-48(32-58(29-44)62(11,12)13)53(37-66)23-42-18-46(51(21-40)35-64)30-56(27-42)60(5,6)7/h14-33H,1-13H3/b50-22+,51-21+,52-24+,53-23+,54-25+. The molecule has 6 rings (SSSR count). The van der Waals surface area contributed by atoms with Crippen molar-refractivity contribution in [3.05, 3.63) is 174 Å². The fraction of sp³-hybridized carbons (Fsp3) is 0.274. The first-order valence-corrected chi connectivity index (χ1v) is 22.7. The maximum atomic E-state index is 10.9. The van der Waals surface area contributed by atoms with Crippen LogP contribution in [-0.4, -0.2) is 0 Å². The summed E-state index contributed by atoms with van der Waals surface area (Å²) in [5, 5.41) is 54.1. The minimum absolute atomic E-state index is 0.286. The maximum absolute atomic E-state index is 10.9. The summed E-state index contributed by atoms with van der Waals surface area (Å²) in [4.78, 5) is 0. The summed E-state index contributed by atoms with van der Waals surface area (Å²) in [5.74, 6) is 0. The molecule has 0 saturated heterocycles. The summed E-state index contributed by atoms with van der Waals surface area (Å²) in [5.41, 5.74) is 13.3. The lowest BCUT2D eigenvalue weighted by atomic mass is 9.82. The van der Waals surface area contributed by atoms with Gasteiger partial charge in [-0.2, -0.15) is 26.3 Å². The van der Waals surface area contributed by atoms with Crippen LogP contribution in [-0.2, 0) is 21.7 Å². The first-order valence-electron chi connectivity index (χ1n) is 22.7. The van der Waals surface area contributed by atoms with Crippen LogP contribution in [0, 0.1) is 63.6 Å². The number of fused-ring (bicyclic) bond motifs is 10. The number of hydrogen-bond donors (Lipinski definition) is 0. The average Bonchev–Trinajstić information content (AvgIpc) is 3.25. The number of benzene rings is 5. The van der Waals surface area contributed by atoms with Crippen LogP contribution in [0.1, 0.15) is 167 Å². The van der Waals surface area contributed by atoms with Gasteiger partial charge in [-0.05, 0) is 197 Å². The molecule has 0 amide bonds.